The second kappa shape index (κ2) is 6.68. The van der Waals surface area contributed by atoms with Crippen LogP contribution in [-0.4, -0.2) is 31.3 Å². The maximum atomic E-state index is 12.1. The number of hydrogen-bond donors (Lipinski definition) is 2. The summed E-state index contributed by atoms with van der Waals surface area (Å²) in [5.41, 5.74) is 0. The summed E-state index contributed by atoms with van der Waals surface area (Å²) in [4.78, 5) is 32.5. The highest BCUT2D eigenvalue weighted by Gasteiger charge is 2.46. The van der Waals surface area contributed by atoms with Crippen LogP contribution in [-0.2, 0) is 0 Å². The van der Waals surface area contributed by atoms with Gasteiger partial charge in [0.1, 0.15) is 0 Å². The van der Waals surface area contributed by atoms with Crippen molar-refractivity contribution in [2.24, 2.45) is 0 Å². The third kappa shape index (κ3) is 4.90. The lowest BCUT2D eigenvalue weighted by atomic mass is 10.4. The highest BCUT2D eigenvalue weighted by Crippen LogP contribution is 2.22. The number of carbonyl (C=O) groups excluding carboxylic acids is 1. The number of carbonyl (C=O) groups is 1. The molecular formula is C11H26O3Si2. The van der Waals surface area contributed by atoms with Gasteiger partial charge in [-0.3, -0.25) is 0 Å². The molecule has 3 nitrogen and oxygen atoms in total. The fourth-order valence-electron chi connectivity index (χ4n) is 1.85. The molecule has 2 N–H and O–H groups in total. The van der Waals surface area contributed by atoms with E-state index in [2.05, 4.69) is 0 Å². The van der Waals surface area contributed by atoms with E-state index in [1.54, 1.807) is 13.1 Å². The molecule has 0 radical (unpaired) electrons. The lowest BCUT2D eigenvalue weighted by Crippen LogP contribution is -2.56. The number of unbranched alkanes of at least 4 members (excludes halogenated alkanes) is 2. The highest BCUT2D eigenvalue weighted by atomic mass is 28.4. The molecule has 0 bridgehead atoms. The van der Waals surface area contributed by atoms with Gasteiger partial charge in [0.2, 0.25) is 0 Å². The average molecular weight is 262 g/mol. The van der Waals surface area contributed by atoms with E-state index in [1.165, 1.54) is 0 Å². The Labute approximate surface area is 101 Å². The molecule has 96 valence electrons. The molecule has 0 aromatic heterocycles. The second-order valence-corrected chi connectivity index (χ2v) is 12.6. The van der Waals surface area contributed by atoms with Gasteiger partial charge in [-0.05, 0) is 25.2 Å². The van der Waals surface area contributed by atoms with E-state index in [9.17, 15) is 14.4 Å². The molecule has 16 heavy (non-hydrogen) atoms. The molecule has 0 spiro atoms. The number of rotatable bonds is 8. The Hall–Kier alpha value is 0.0238. The summed E-state index contributed by atoms with van der Waals surface area (Å²) in [5.74, 6) is 0. The zero-order valence-electron chi connectivity index (χ0n) is 11.0. The molecule has 0 aliphatic carbocycles. The molecule has 0 aliphatic rings. The molecule has 0 heterocycles. The van der Waals surface area contributed by atoms with Gasteiger partial charge in [-0.15, -0.1) is 0 Å². The normalized spacial score (nSPS) is 18.9. The predicted octanol–water partition coefficient (Wildman–Crippen LogP) is 3.01. The van der Waals surface area contributed by atoms with Crippen LogP contribution in [0.4, 0.5) is 4.79 Å². The minimum absolute atomic E-state index is 0.165. The van der Waals surface area contributed by atoms with Crippen molar-refractivity contribution in [1.29, 1.82) is 0 Å². The summed E-state index contributed by atoms with van der Waals surface area (Å²) in [6.07, 6.45) is 3.72. The average Bonchev–Trinajstić information content (AvgIpc) is 2.22. The monoisotopic (exact) mass is 262 g/mol. The van der Waals surface area contributed by atoms with Crippen molar-refractivity contribution in [1.82, 2.24) is 0 Å². The molecule has 0 fully saturated rings. The van der Waals surface area contributed by atoms with Crippen molar-refractivity contribution in [3.05, 3.63) is 0 Å². The number of hydrogen-bond acceptors (Lipinski definition) is 3. The van der Waals surface area contributed by atoms with Gasteiger partial charge in [-0.25, -0.2) is 0 Å². The maximum absolute atomic E-state index is 12.1. The summed E-state index contributed by atoms with van der Waals surface area (Å²) in [7, 11) is -5.68. The van der Waals surface area contributed by atoms with Crippen LogP contribution >= 0.6 is 0 Å². The van der Waals surface area contributed by atoms with E-state index in [-0.39, 0.29) is 5.03 Å². The Morgan fingerprint density at radius 1 is 0.938 bits per heavy atom. The van der Waals surface area contributed by atoms with Crippen LogP contribution in [0.1, 0.15) is 39.5 Å². The third-order valence-corrected chi connectivity index (χ3v) is 10.9. The van der Waals surface area contributed by atoms with Crippen LogP contribution in [0, 0.1) is 0 Å². The fourth-order valence-corrected chi connectivity index (χ4v) is 9.78. The first-order valence-corrected chi connectivity index (χ1v) is 11.6. The molecular weight excluding hydrogens is 236 g/mol. The van der Waals surface area contributed by atoms with E-state index >= 15 is 0 Å². The van der Waals surface area contributed by atoms with E-state index in [0.717, 1.165) is 25.7 Å². The fraction of sp³-hybridized carbons (Fsp3) is 0.909. The first kappa shape index (κ1) is 16.0. The van der Waals surface area contributed by atoms with Crippen molar-refractivity contribution in [2.75, 3.05) is 0 Å². The van der Waals surface area contributed by atoms with Crippen molar-refractivity contribution in [2.45, 2.75) is 64.7 Å². The van der Waals surface area contributed by atoms with Crippen LogP contribution in [0.2, 0.25) is 25.2 Å². The third-order valence-electron chi connectivity index (χ3n) is 3.01. The Morgan fingerprint density at radius 2 is 1.25 bits per heavy atom. The Bertz CT molecular complexity index is 205. The standard InChI is InChI=1S/C11H26O3Si2/c1-5-7-9-15(3,13)11(12)16(4,14)10-8-6-2/h13-14H,5-10H2,1-4H3. The van der Waals surface area contributed by atoms with E-state index in [0.29, 0.717) is 12.1 Å². The molecule has 0 rings (SSSR count). The first-order chi connectivity index (χ1) is 7.28. The SMILES string of the molecule is CCCC[Si](C)(O)C(=O)[Si](C)(O)CCCC. The minimum Gasteiger partial charge on any atom is -0.426 e. The van der Waals surface area contributed by atoms with Crippen LogP contribution in [0.5, 0.6) is 0 Å². The Balaban J connectivity index is 4.49. The van der Waals surface area contributed by atoms with Crippen molar-refractivity contribution in [3.63, 3.8) is 0 Å². The van der Waals surface area contributed by atoms with Gasteiger partial charge < -0.3 is 14.4 Å². The quantitative estimate of drug-likeness (QED) is 0.661. The molecule has 0 saturated heterocycles. The Kier molecular flexibility index (Phi) is 6.69. The van der Waals surface area contributed by atoms with E-state index < -0.39 is 16.6 Å². The molecule has 0 saturated carbocycles. The largest absolute Gasteiger partial charge is 0.426 e. The first-order valence-electron chi connectivity index (χ1n) is 6.27. The molecule has 0 aromatic carbocycles. The van der Waals surface area contributed by atoms with Crippen LogP contribution in [0.25, 0.3) is 0 Å². The molecule has 5 heteroatoms. The zero-order chi connectivity index (χ0) is 12.8. The van der Waals surface area contributed by atoms with Crippen LogP contribution in [0.15, 0.2) is 0 Å². The summed E-state index contributed by atoms with van der Waals surface area (Å²) < 4.78 is 0. The molecule has 2 unspecified atom stereocenters. The lowest BCUT2D eigenvalue weighted by molar-refractivity contribution is 0.264. The smallest absolute Gasteiger partial charge is 0.256 e. The van der Waals surface area contributed by atoms with Gasteiger partial charge >= 0.3 is 0 Å². The summed E-state index contributed by atoms with van der Waals surface area (Å²) in [6, 6.07) is 1.19. The minimum atomic E-state index is -2.84. The summed E-state index contributed by atoms with van der Waals surface area (Å²) in [6.45, 7) is 7.44. The summed E-state index contributed by atoms with van der Waals surface area (Å²) >= 11 is 0. The second-order valence-electron chi connectivity index (χ2n) is 5.08. The van der Waals surface area contributed by atoms with Crippen molar-refractivity contribution >= 4 is 21.7 Å². The van der Waals surface area contributed by atoms with Crippen molar-refractivity contribution in [3.8, 4) is 0 Å². The Morgan fingerprint density at radius 3 is 1.50 bits per heavy atom. The van der Waals surface area contributed by atoms with Gasteiger partial charge in [0.25, 0.3) is 16.6 Å². The van der Waals surface area contributed by atoms with Crippen LogP contribution < -0.4 is 0 Å². The van der Waals surface area contributed by atoms with Gasteiger partial charge in [0, 0.05) is 0 Å². The van der Waals surface area contributed by atoms with Gasteiger partial charge in [-0.2, -0.15) is 0 Å². The van der Waals surface area contributed by atoms with Gasteiger partial charge in [0.15, 0.2) is 5.03 Å². The van der Waals surface area contributed by atoms with Crippen molar-refractivity contribution < 1.29 is 14.4 Å². The highest BCUT2D eigenvalue weighted by molar-refractivity contribution is 7.27. The lowest BCUT2D eigenvalue weighted by Gasteiger charge is -2.27. The topological polar surface area (TPSA) is 57.5 Å². The predicted molar refractivity (Wildman–Crippen MR) is 72.5 cm³/mol. The van der Waals surface area contributed by atoms with E-state index in [4.69, 9.17) is 0 Å². The summed E-state index contributed by atoms with van der Waals surface area (Å²) in [5, 5.41) is -0.165. The maximum Gasteiger partial charge on any atom is 0.256 e. The molecule has 0 amide bonds. The molecule has 0 aromatic rings. The van der Waals surface area contributed by atoms with Gasteiger partial charge in [-0.1, -0.05) is 39.5 Å². The van der Waals surface area contributed by atoms with Crippen LogP contribution in [0.3, 0.4) is 0 Å². The molecule has 0 aliphatic heterocycles. The van der Waals surface area contributed by atoms with Gasteiger partial charge in [0.05, 0.1) is 0 Å². The zero-order valence-corrected chi connectivity index (χ0v) is 13.0. The van der Waals surface area contributed by atoms with E-state index in [1.807, 2.05) is 13.8 Å². The molecule has 2 atom stereocenters.